The number of anilines is 3. The summed E-state index contributed by atoms with van der Waals surface area (Å²) in [4.78, 5) is 42.7. The van der Waals surface area contributed by atoms with Crippen molar-refractivity contribution < 1.29 is 18.8 Å². The SMILES string of the molecule is Cc1[nH]c(/C=C2\C(=O)Nc3ccc(F)cc32)c(C)c1C(=O)NCC(=O)Nc1ccc(N(C)C)cc1. The number of carbonyl (C=O) groups is 3. The molecular weight excluding hydrogens is 449 g/mol. The number of fused-ring (bicyclic) bond motifs is 1. The molecule has 1 aromatic heterocycles. The highest BCUT2D eigenvalue weighted by atomic mass is 19.1. The number of hydrogen-bond acceptors (Lipinski definition) is 4. The van der Waals surface area contributed by atoms with Crippen LogP contribution in [0.4, 0.5) is 21.5 Å². The summed E-state index contributed by atoms with van der Waals surface area (Å²) in [5.41, 5.74) is 5.07. The van der Waals surface area contributed by atoms with Gasteiger partial charge < -0.3 is 25.8 Å². The smallest absolute Gasteiger partial charge is 0.256 e. The summed E-state index contributed by atoms with van der Waals surface area (Å²) < 4.78 is 13.7. The number of H-pyrrole nitrogens is 1. The lowest BCUT2D eigenvalue weighted by Crippen LogP contribution is -2.33. The highest BCUT2D eigenvalue weighted by Gasteiger charge is 2.26. The van der Waals surface area contributed by atoms with E-state index in [0.29, 0.717) is 45.0 Å². The van der Waals surface area contributed by atoms with Crippen LogP contribution < -0.4 is 20.9 Å². The lowest BCUT2D eigenvalue weighted by molar-refractivity contribution is -0.115. The molecule has 0 saturated heterocycles. The van der Waals surface area contributed by atoms with Crippen molar-refractivity contribution in [2.45, 2.75) is 13.8 Å². The van der Waals surface area contributed by atoms with Crippen LogP contribution in [0.25, 0.3) is 11.6 Å². The summed E-state index contributed by atoms with van der Waals surface area (Å²) in [5, 5.41) is 8.10. The standard InChI is InChI=1S/C26H26FN5O3/c1-14-22(12-20-19-11-16(27)5-10-21(19)31-25(20)34)29-15(2)24(14)26(35)28-13-23(33)30-17-6-8-18(9-7-17)32(3)4/h5-12,29H,13H2,1-4H3,(H,28,35)(H,30,33)(H,31,34)/b20-12-. The van der Waals surface area contributed by atoms with E-state index in [1.165, 1.54) is 18.2 Å². The molecule has 35 heavy (non-hydrogen) atoms. The number of hydrogen-bond donors (Lipinski definition) is 4. The van der Waals surface area contributed by atoms with Gasteiger partial charge in [-0.1, -0.05) is 0 Å². The maximum absolute atomic E-state index is 13.7. The van der Waals surface area contributed by atoms with E-state index in [4.69, 9.17) is 0 Å². The molecule has 180 valence electrons. The van der Waals surface area contributed by atoms with Crippen molar-refractivity contribution in [3.8, 4) is 0 Å². The third kappa shape index (κ3) is 4.93. The van der Waals surface area contributed by atoms with Gasteiger partial charge in [-0.2, -0.15) is 0 Å². The molecule has 0 fully saturated rings. The largest absolute Gasteiger partial charge is 0.378 e. The molecule has 8 nitrogen and oxygen atoms in total. The van der Waals surface area contributed by atoms with E-state index in [1.54, 1.807) is 32.1 Å². The number of aryl methyl sites for hydroxylation is 1. The highest BCUT2D eigenvalue weighted by molar-refractivity contribution is 6.35. The third-order valence-corrected chi connectivity index (χ3v) is 5.83. The van der Waals surface area contributed by atoms with Crippen LogP contribution in [0.2, 0.25) is 0 Å². The van der Waals surface area contributed by atoms with Crippen LogP contribution in [0.3, 0.4) is 0 Å². The van der Waals surface area contributed by atoms with Crippen molar-refractivity contribution in [1.82, 2.24) is 10.3 Å². The Morgan fingerprint density at radius 2 is 1.80 bits per heavy atom. The second-order valence-corrected chi connectivity index (χ2v) is 8.54. The van der Waals surface area contributed by atoms with E-state index < -0.39 is 11.7 Å². The Labute approximate surface area is 202 Å². The van der Waals surface area contributed by atoms with Crippen molar-refractivity contribution in [2.75, 3.05) is 36.2 Å². The predicted octanol–water partition coefficient (Wildman–Crippen LogP) is 3.70. The summed E-state index contributed by atoms with van der Waals surface area (Å²) >= 11 is 0. The molecule has 0 unspecified atom stereocenters. The molecule has 3 amide bonds. The zero-order valence-corrected chi connectivity index (χ0v) is 19.9. The van der Waals surface area contributed by atoms with E-state index in [1.807, 2.05) is 31.1 Å². The Bertz CT molecular complexity index is 1360. The first-order chi connectivity index (χ1) is 16.6. The molecule has 0 bridgehead atoms. The van der Waals surface area contributed by atoms with Gasteiger partial charge in [0, 0.05) is 48.1 Å². The summed E-state index contributed by atoms with van der Waals surface area (Å²) in [7, 11) is 3.86. The lowest BCUT2D eigenvalue weighted by atomic mass is 10.0. The zero-order valence-electron chi connectivity index (χ0n) is 19.9. The molecule has 2 heterocycles. The molecule has 0 aliphatic carbocycles. The Hall–Kier alpha value is -4.40. The van der Waals surface area contributed by atoms with Crippen molar-refractivity contribution in [1.29, 1.82) is 0 Å². The summed E-state index contributed by atoms with van der Waals surface area (Å²) in [5.74, 6) is -1.57. The average molecular weight is 476 g/mol. The maximum atomic E-state index is 13.7. The normalized spacial score (nSPS) is 13.4. The quantitative estimate of drug-likeness (QED) is 0.408. The van der Waals surface area contributed by atoms with E-state index >= 15 is 0 Å². The van der Waals surface area contributed by atoms with Crippen LogP contribution in [0.15, 0.2) is 42.5 Å². The first kappa shape index (κ1) is 23.7. The summed E-state index contributed by atoms with van der Waals surface area (Å²) in [6.45, 7) is 3.28. The number of aromatic amines is 1. The molecule has 2 aromatic carbocycles. The molecule has 0 saturated carbocycles. The molecule has 4 N–H and O–H groups in total. The fourth-order valence-corrected chi connectivity index (χ4v) is 4.00. The number of benzene rings is 2. The maximum Gasteiger partial charge on any atom is 0.256 e. The number of halogens is 1. The van der Waals surface area contributed by atoms with E-state index in [2.05, 4.69) is 20.9 Å². The topological polar surface area (TPSA) is 106 Å². The predicted molar refractivity (Wildman–Crippen MR) is 135 cm³/mol. The van der Waals surface area contributed by atoms with Crippen LogP contribution in [0.1, 0.15) is 32.9 Å². The lowest BCUT2D eigenvalue weighted by Gasteiger charge is -2.13. The van der Waals surface area contributed by atoms with Gasteiger partial charge in [0.05, 0.1) is 17.7 Å². The summed E-state index contributed by atoms with van der Waals surface area (Å²) in [6, 6.07) is 11.4. The van der Waals surface area contributed by atoms with Crippen molar-refractivity contribution in [3.63, 3.8) is 0 Å². The van der Waals surface area contributed by atoms with Gasteiger partial charge in [0.2, 0.25) is 5.91 Å². The Balaban J connectivity index is 1.46. The number of carbonyl (C=O) groups excluding carboxylic acids is 3. The molecule has 1 aliphatic rings. The van der Waals surface area contributed by atoms with Crippen molar-refractivity contribution >= 4 is 46.4 Å². The minimum Gasteiger partial charge on any atom is -0.378 e. The number of rotatable bonds is 6. The van der Waals surface area contributed by atoms with Gasteiger partial charge >= 0.3 is 0 Å². The van der Waals surface area contributed by atoms with Gasteiger partial charge in [-0.3, -0.25) is 14.4 Å². The fourth-order valence-electron chi connectivity index (χ4n) is 4.00. The highest BCUT2D eigenvalue weighted by Crippen LogP contribution is 2.34. The first-order valence-corrected chi connectivity index (χ1v) is 11.0. The molecule has 0 radical (unpaired) electrons. The number of aromatic nitrogens is 1. The molecular formula is C26H26FN5O3. The second kappa shape index (κ2) is 9.46. The van der Waals surface area contributed by atoms with Crippen LogP contribution in [-0.2, 0) is 9.59 Å². The fraction of sp³-hybridized carbons (Fsp3) is 0.192. The van der Waals surface area contributed by atoms with Crippen LogP contribution in [0.5, 0.6) is 0 Å². The Morgan fingerprint density at radius 1 is 1.09 bits per heavy atom. The van der Waals surface area contributed by atoms with Crippen LogP contribution in [0, 0.1) is 19.7 Å². The molecule has 0 atom stereocenters. The minimum absolute atomic E-state index is 0.205. The minimum atomic E-state index is -0.447. The number of nitrogens with zero attached hydrogens (tertiary/aromatic N) is 1. The van der Waals surface area contributed by atoms with Gasteiger partial charge in [0.15, 0.2) is 0 Å². The molecule has 0 spiro atoms. The van der Waals surface area contributed by atoms with Crippen LogP contribution in [-0.4, -0.2) is 43.3 Å². The molecule has 4 rings (SSSR count). The summed E-state index contributed by atoms with van der Waals surface area (Å²) in [6.07, 6.45) is 1.60. The van der Waals surface area contributed by atoms with Gasteiger partial charge in [0.1, 0.15) is 5.82 Å². The van der Waals surface area contributed by atoms with Gasteiger partial charge in [-0.05, 0) is 68.0 Å². The number of amides is 3. The van der Waals surface area contributed by atoms with E-state index in [-0.39, 0.29) is 18.4 Å². The van der Waals surface area contributed by atoms with Gasteiger partial charge in [-0.15, -0.1) is 0 Å². The monoisotopic (exact) mass is 475 g/mol. The average Bonchev–Trinajstić information content (AvgIpc) is 3.27. The third-order valence-electron chi connectivity index (χ3n) is 5.83. The number of nitrogens with one attached hydrogen (secondary N) is 4. The van der Waals surface area contributed by atoms with Crippen molar-refractivity contribution in [2.24, 2.45) is 0 Å². The van der Waals surface area contributed by atoms with E-state index in [9.17, 15) is 18.8 Å². The Morgan fingerprint density at radius 3 is 2.49 bits per heavy atom. The Kier molecular flexibility index (Phi) is 6.42. The van der Waals surface area contributed by atoms with Gasteiger partial charge in [-0.25, -0.2) is 4.39 Å². The molecule has 9 heteroatoms. The van der Waals surface area contributed by atoms with E-state index in [0.717, 1.165) is 5.69 Å². The second-order valence-electron chi connectivity index (χ2n) is 8.54. The van der Waals surface area contributed by atoms with Crippen LogP contribution >= 0.6 is 0 Å². The first-order valence-electron chi connectivity index (χ1n) is 11.0. The van der Waals surface area contributed by atoms with Crippen molar-refractivity contribution in [3.05, 3.63) is 76.4 Å². The molecule has 3 aromatic rings. The van der Waals surface area contributed by atoms with Gasteiger partial charge in [0.25, 0.3) is 11.8 Å². The molecule has 1 aliphatic heterocycles. The zero-order chi connectivity index (χ0) is 25.3.